The minimum absolute atomic E-state index is 0.112. The van der Waals surface area contributed by atoms with Crippen LogP contribution >= 0.6 is 0 Å². The predicted molar refractivity (Wildman–Crippen MR) is 65.6 cm³/mol. The zero-order chi connectivity index (χ0) is 17.3. The highest BCUT2D eigenvalue weighted by Crippen LogP contribution is 2.42. The van der Waals surface area contributed by atoms with Crippen LogP contribution in [0.4, 0.5) is 26.3 Å². The van der Waals surface area contributed by atoms with Gasteiger partial charge in [-0.3, -0.25) is 4.55 Å². The lowest BCUT2D eigenvalue weighted by Crippen LogP contribution is -2.30. The summed E-state index contributed by atoms with van der Waals surface area (Å²) in [5.74, 6) is 0. The van der Waals surface area contributed by atoms with Crippen LogP contribution in [0, 0.1) is 6.92 Å². The van der Waals surface area contributed by atoms with Crippen LogP contribution in [-0.4, -0.2) is 25.3 Å². The van der Waals surface area contributed by atoms with Crippen molar-refractivity contribution in [2.45, 2.75) is 25.7 Å². The molecule has 0 atom stereocenters. The summed E-state index contributed by atoms with van der Waals surface area (Å²) in [5, 5.41) is 0. The zero-order valence-electron chi connectivity index (χ0n) is 11.0. The molecule has 0 heterocycles. The highest BCUT2D eigenvalue weighted by molar-refractivity contribution is 7.89. The Bertz CT molecular complexity index is 670. The van der Waals surface area contributed by atoms with Crippen molar-refractivity contribution in [3.63, 3.8) is 0 Å². The molecule has 1 aromatic rings. The Morgan fingerprint density at radius 2 is 1.59 bits per heavy atom. The van der Waals surface area contributed by atoms with Crippen LogP contribution in [0.2, 0.25) is 0 Å². The Hall–Kier alpha value is -1.55. The van der Waals surface area contributed by atoms with Gasteiger partial charge in [0.2, 0.25) is 0 Å². The number of hydrogen-bond acceptors (Lipinski definition) is 2. The van der Waals surface area contributed by atoms with Gasteiger partial charge in [-0.2, -0.15) is 34.8 Å². The van der Waals surface area contributed by atoms with Crippen molar-refractivity contribution in [3.8, 4) is 0 Å². The van der Waals surface area contributed by atoms with Gasteiger partial charge in [-0.1, -0.05) is 29.8 Å². The first kappa shape index (κ1) is 18.5. The van der Waals surface area contributed by atoms with Gasteiger partial charge in [0.05, 0.1) is 4.91 Å². The number of hydrogen-bond donors (Lipinski definition) is 1. The van der Waals surface area contributed by atoms with E-state index in [-0.39, 0.29) is 5.56 Å². The van der Waals surface area contributed by atoms with Crippen molar-refractivity contribution in [1.29, 1.82) is 0 Å². The smallest absolute Gasteiger partial charge is 0.282 e. The van der Waals surface area contributed by atoms with E-state index in [0.29, 0.717) is 5.56 Å². The standard InChI is InChI=1S/C12H10F6O3S/c1-7-3-2-4-8(5-7)6-9(22(19,20)21)10(11(13,14)15)12(16,17)18/h2-5H,6H2,1H3,(H,19,20,21). The highest BCUT2D eigenvalue weighted by Gasteiger charge is 2.54. The minimum atomic E-state index is -5.98. The van der Waals surface area contributed by atoms with Gasteiger partial charge in [0.25, 0.3) is 10.1 Å². The van der Waals surface area contributed by atoms with Crippen molar-refractivity contribution in [1.82, 2.24) is 0 Å². The van der Waals surface area contributed by atoms with Crippen molar-refractivity contribution in [2.24, 2.45) is 0 Å². The van der Waals surface area contributed by atoms with Crippen molar-refractivity contribution in [2.75, 3.05) is 0 Å². The van der Waals surface area contributed by atoms with Gasteiger partial charge in [-0.05, 0) is 12.5 Å². The molecule has 0 aliphatic rings. The molecule has 3 nitrogen and oxygen atoms in total. The first-order valence-corrected chi connectivity index (χ1v) is 7.07. The maximum Gasteiger partial charge on any atom is 0.422 e. The number of aryl methyl sites for hydroxylation is 1. The number of allylic oxidation sites excluding steroid dienone is 2. The lowest BCUT2D eigenvalue weighted by Gasteiger charge is -2.18. The zero-order valence-corrected chi connectivity index (χ0v) is 11.8. The molecule has 0 aliphatic carbocycles. The van der Waals surface area contributed by atoms with E-state index < -0.39 is 39.4 Å². The van der Waals surface area contributed by atoms with Crippen molar-refractivity contribution < 1.29 is 39.3 Å². The average Bonchev–Trinajstić information content (AvgIpc) is 2.22. The van der Waals surface area contributed by atoms with Gasteiger partial charge in [0.15, 0.2) is 5.57 Å². The maximum atomic E-state index is 12.6. The van der Waals surface area contributed by atoms with Crippen LogP contribution < -0.4 is 0 Å². The summed E-state index contributed by atoms with van der Waals surface area (Å²) in [6.07, 6.45) is -13.2. The quantitative estimate of drug-likeness (QED) is 0.668. The van der Waals surface area contributed by atoms with Gasteiger partial charge >= 0.3 is 12.4 Å². The Morgan fingerprint density at radius 1 is 1.09 bits per heavy atom. The Kier molecular flexibility index (Phi) is 4.98. The molecule has 0 saturated carbocycles. The van der Waals surface area contributed by atoms with Gasteiger partial charge in [-0.25, -0.2) is 0 Å². The Balaban J connectivity index is 3.61. The van der Waals surface area contributed by atoms with Gasteiger partial charge in [0.1, 0.15) is 0 Å². The summed E-state index contributed by atoms with van der Waals surface area (Å²) >= 11 is 0. The molecule has 1 rings (SSSR count). The third-order valence-electron chi connectivity index (χ3n) is 2.60. The fraction of sp³-hybridized carbons (Fsp3) is 0.333. The molecule has 1 aromatic carbocycles. The summed E-state index contributed by atoms with van der Waals surface area (Å²) in [6.45, 7) is 1.52. The van der Waals surface area contributed by atoms with E-state index in [4.69, 9.17) is 4.55 Å². The van der Waals surface area contributed by atoms with Gasteiger partial charge in [-0.15, -0.1) is 0 Å². The van der Waals surface area contributed by atoms with E-state index in [0.717, 1.165) is 6.07 Å². The minimum Gasteiger partial charge on any atom is -0.282 e. The molecule has 22 heavy (non-hydrogen) atoms. The molecule has 0 aromatic heterocycles. The molecule has 0 unspecified atom stereocenters. The summed E-state index contributed by atoms with van der Waals surface area (Å²) in [5.41, 5.74) is -2.84. The fourth-order valence-electron chi connectivity index (χ4n) is 1.79. The molecular formula is C12H10F6O3S. The second kappa shape index (κ2) is 5.92. The average molecular weight is 348 g/mol. The Labute approximate surface area is 122 Å². The van der Waals surface area contributed by atoms with Crippen molar-refractivity contribution >= 4 is 10.1 Å². The molecule has 0 saturated heterocycles. The van der Waals surface area contributed by atoms with E-state index in [1.165, 1.54) is 25.1 Å². The summed E-state index contributed by atoms with van der Waals surface area (Å²) in [4.78, 5) is -2.13. The summed E-state index contributed by atoms with van der Waals surface area (Å²) in [7, 11) is -5.70. The van der Waals surface area contributed by atoms with Crippen LogP contribution in [0.1, 0.15) is 11.1 Å². The third kappa shape index (κ3) is 4.73. The molecule has 0 amide bonds. The van der Waals surface area contributed by atoms with E-state index in [1.807, 2.05) is 0 Å². The third-order valence-corrected chi connectivity index (χ3v) is 3.58. The number of halogens is 6. The molecule has 0 aliphatic heterocycles. The molecule has 10 heteroatoms. The fourth-order valence-corrected chi connectivity index (χ4v) is 2.63. The molecule has 0 fully saturated rings. The van der Waals surface area contributed by atoms with E-state index >= 15 is 0 Å². The number of rotatable bonds is 3. The van der Waals surface area contributed by atoms with Gasteiger partial charge < -0.3 is 0 Å². The van der Waals surface area contributed by atoms with Gasteiger partial charge in [0, 0.05) is 6.42 Å². The van der Waals surface area contributed by atoms with Crippen LogP contribution in [0.25, 0.3) is 0 Å². The lowest BCUT2D eigenvalue weighted by atomic mass is 10.1. The topological polar surface area (TPSA) is 54.4 Å². The molecule has 124 valence electrons. The van der Waals surface area contributed by atoms with E-state index in [1.54, 1.807) is 0 Å². The molecule has 0 radical (unpaired) electrons. The Morgan fingerprint density at radius 3 is 1.95 bits per heavy atom. The largest absolute Gasteiger partial charge is 0.422 e. The molecular weight excluding hydrogens is 338 g/mol. The summed E-state index contributed by atoms with van der Waals surface area (Å²) in [6, 6.07) is 5.24. The SMILES string of the molecule is Cc1cccc(CC(=C(C(F)(F)F)C(F)(F)F)S(=O)(=O)O)c1. The molecule has 0 spiro atoms. The number of alkyl halides is 6. The first-order chi connectivity index (χ1) is 9.73. The predicted octanol–water partition coefficient (Wildman–Crippen LogP) is 3.80. The van der Waals surface area contributed by atoms with Crippen LogP contribution in [-0.2, 0) is 16.5 Å². The summed E-state index contributed by atoms with van der Waals surface area (Å²) < 4.78 is 107. The van der Waals surface area contributed by atoms with Crippen LogP contribution in [0.5, 0.6) is 0 Å². The first-order valence-electron chi connectivity index (χ1n) is 5.63. The van der Waals surface area contributed by atoms with Crippen LogP contribution in [0.15, 0.2) is 34.7 Å². The van der Waals surface area contributed by atoms with E-state index in [2.05, 4.69) is 0 Å². The lowest BCUT2D eigenvalue weighted by molar-refractivity contribution is -0.172. The van der Waals surface area contributed by atoms with E-state index in [9.17, 15) is 34.8 Å². The van der Waals surface area contributed by atoms with Crippen molar-refractivity contribution in [3.05, 3.63) is 45.9 Å². The maximum absolute atomic E-state index is 12.6. The highest BCUT2D eigenvalue weighted by atomic mass is 32.2. The second-order valence-corrected chi connectivity index (χ2v) is 5.88. The second-order valence-electron chi connectivity index (χ2n) is 4.43. The molecule has 1 N–H and O–H groups in total. The monoisotopic (exact) mass is 348 g/mol. The molecule has 0 bridgehead atoms. The normalized spacial score (nSPS) is 13.1. The number of benzene rings is 1. The van der Waals surface area contributed by atoms with Crippen LogP contribution in [0.3, 0.4) is 0 Å².